The van der Waals surface area contributed by atoms with E-state index in [9.17, 15) is 0 Å². The minimum absolute atomic E-state index is 1.71. The molecule has 0 radical (unpaired) electrons. The Balaban J connectivity index is 0.000000145. The smallest absolute Gasteiger partial charge is 0.00934 e. The molecule has 0 aromatic carbocycles. The monoisotopic (exact) mass is 166 g/mol. The van der Waals surface area contributed by atoms with Crippen LogP contribution >= 0.6 is 37.2 Å². The second-order valence-electron chi connectivity index (χ2n) is 0.875. The molecule has 0 unspecified atom stereocenters. The summed E-state index contributed by atoms with van der Waals surface area (Å²) >= 11 is 8.02. The van der Waals surface area contributed by atoms with Crippen LogP contribution in [0.1, 0.15) is 0 Å². The van der Waals surface area contributed by atoms with Crippen LogP contribution in [0, 0.1) is 0 Å². The fourth-order valence-electron chi connectivity index (χ4n) is 0.227. The molecule has 1 aromatic heterocycles. The van der Waals surface area contributed by atoms with E-state index in [0.29, 0.717) is 0 Å². The zero-order valence-electron chi connectivity index (χ0n) is 4.02. The van der Waals surface area contributed by atoms with Crippen molar-refractivity contribution in [1.82, 2.24) is 0 Å². The Morgan fingerprint density at radius 3 is 1.62 bits per heavy atom. The number of thiol groups is 2. The first-order valence-corrected chi connectivity index (χ1v) is 3.51. The molecule has 0 saturated heterocycles. The van der Waals surface area contributed by atoms with Gasteiger partial charge in [0.25, 0.3) is 0 Å². The van der Waals surface area contributed by atoms with E-state index in [4.69, 9.17) is 0 Å². The first-order chi connectivity index (χ1) is 3.91. The van der Waals surface area contributed by atoms with Gasteiger partial charge in [0.1, 0.15) is 0 Å². The van der Waals surface area contributed by atoms with E-state index in [-0.39, 0.29) is 0 Å². The maximum atomic E-state index is 3.64. The van der Waals surface area contributed by atoms with Crippen LogP contribution in [-0.2, 0) is 3.63 Å². The Hall–Kier alpha value is 0.360. The minimum Gasteiger partial charge on any atom is -0.254 e. The van der Waals surface area contributed by atoms with Gasteiger partial charge in [-0.1, -0.05) is 12.1 Å². The van der Waals surface area contributed by atoms with Crippen molar-refractivity contribution in [1.29, 1.82) is 0 Å². The van der Waals surface area contributed by atoms with Crippen LogP contribution < -0.4 is 0 Å². The van der Waals surface area contributed by atoms with Crippen LogP contribution in [0.15, 0.2) is 22.9 Å². The van der Waals surface area contributed by atoms with Crippen LogP contribution in [0.2, 0.25) is 0 Å². The predicted molar refractivity (Wildman–Crippen MR) is 43.4 cm³/mol. The predicted octanol–water partition coefficient (Wildman–Crippen LogP) is 2.44. The average molecular weight is 166 g/mol. The molecule has 0 aliphatic carbocycles. The Morgan fingerprint density at radius 1 is 1.12 bits per heavy atom. The van der Waals surface area contributed by atoms with Gasteiger partial charge in [-0.3, -0.25) is 3.63 Å². The molecular formula is C4H6OS3. The van der Waals surface area contributed by atoms with Gasteiger partial charge in [-0.05, 0) is 36.6 Å². The molecule has 0 atom stereocenters. The first-order valence-electron chi connectivity index (χ1n) is 1.84. The van der Waals surface area contributed by atoms with Crippen LogP contribution in [0.4, 0.5) is 0 Å². The van der Waals surface area contributed by atoms with Gasteiger partial charge in [0.05, 0.1) is 0 Å². The molecule has 0 aliphatic heterocycles. The normalized spacial score (nSPS) is 7.25. The molecule has 0 spiro atoms. The van der Waals surface area contributed by atoms with Crippen molar-refractivity contribution in [2.75, 3.05) is 0 Å². The minimum atomic E-state index is 1.71. The zero-order valence-corrected chi connectivity index (χ0v) is 6.63. The standard InChI is InChI=1S/C4H4S.H2OS2/c1-2-4-5-3-1;2-1-3/h1-4H;2-3H. The summed E-state index contributed by atoms with van der Waals surface area (Å²) in [7, 11) is 0. The molecule has 0 amide bonds. The highest BCUT2D eigenvalue weighted by molar-refractivity contribution is 7.89. The molecule has 1 rings (SSSR count). The van der Waals surface area contributed by atoms with Gasteiger partial charge in [0.15, 0.2) is 0 Å². The quantitative estimate of drug-likeness (QED) is 0.444. The van der Waals surface area contributed by atoms with Gasteiger partial charge >= 0.3 is 0 Å². The van der Waals surface area contributed by atoms with Crippen molar-refractivity contribution in [2.24, 2.45) is 0 Å². The molecule has 8 heavy (non-hydrogen) atoms. The summed E-state index contributed by atoms with van der Waals surface area (Å²) in [6, 6.07) is 4.04. The number of thiophene rings is 1. The lowest BCUT2D eigenvalue weighted by Crippen LogP contribution is -1.17. The van der Waals surface area contributed by atoms with E-state index in [0.717, 1.165) is 0 Å². The highest BCUT2D eigenvalue weighted by Crippen LogP contribution is 1.91. The highest BCUT2D eigenvalue weighted by Gasteiger charge is 1.58. The molecular weight excluding hydrogens is 160 g/mol. The lowest BCUT2D eigenvalue weighted by Gasteiger charge is -1.55. The molecule has 0 N–H and O–H groups in total. The van der Waals surface area contributed by atoms with Crippen molar-refractivity contribution in [2.45, 2.75) is 0 Å². The lowest BCUT2D eigenvalue weighted by atomic mass is 10.7. The van der Waals surface area contributed by atoms with Gasteiger partial charge in [-0.25, -0.2) is 0 Å². The van der Waals surface area contributed by atoms with Gasteiger partial charge in [0.2, 0.25) is 0 Å². The Labute approximate surface area is 63.9 Å². The maximum Gasteiger partial charge on any atom is -0.00934 e. The third-order valence-electron chi connectivity index (χ3n) is 0.425. The molecule has 0 fully saturated rings. The molecule has 1 heterocycles. The lowest BCUT2D eigenvalue weighted by molar-refractivity contribution is 0.791. The van der Waals surface area contributed by atoms with Gasteiger partial charge < -0.3 is 0 Å². The molecule has 1 aromatic rings. The molecule has 4 heteroatoms. The summed E-state index contributed by atoms with van der Waals surface area (Å²) in [6.07, 6.45) is 0. The van der Waals surface area contributed by atoms with Crippen molar-refractivity contribution < 1.29 is 3.63 Å². The van der Waals surface area contributed by atoms with Crippen molar-refractivity contribution in [3.63, 3.8) is 0 Å². The Kier molecular flexibility index (Phi) is 7.69. The fourth-order valence-corrected chi connectivity index (χ4v) is 0.680. The fraction of sp³-hybridized carbons (Fsp3) is 0. The number of hydrogen-bond acceptors (Lipinski definition) is 4. The van der Waals surface area contributed by atoms with E-state index in [1.165, 1.54) is 0 Å². The average Bonchev–Trinajstić information content (AvgIpc) is 2.17. The number of rotatable bonds is 0. The van der Waals surface area contributed by atoms with E-state index in [2.05, 4.69) is 29.4 Å². The summed E-state index contributed by atoms with van der Waals surface area (Å²) in [5.41, 5.74) is 0. The van der Waals surface area contributed by atoms with E-state index < -0.39 is 0 Å². The number of hydrogen-bond donors (Lipinski definition) is 2. The summed E-state index contributed by atoms with van der Waals surface area (Å²) in [4.78, 5) is 0. The molecule has 46 valence electrons. The Morgan fingerprint density at radius 2 is 1.50 bits per heavy atom. The van der Waals surface area contributed by atoms with Crippen molar-refractivity contribution >= 4 is 37.2 Å². The van der Waals surface area contributed by atoms with Gasteiger partial charge in [-0.2, -0.15) is 11.3 Å². The van der Waals surface area contributed by atoms with Crippen molar-refractivity contribution in [3.05, 3.63) is 22.9 Å². The third-order valence-corrected chi connectivity index (χ3v) is 1.05. The largest absolute Gasteiger partial charge is 0.254 e. The van der Waals surface area contributed by atoms with Gasteiger partial charge in [0, 0.05) is 0 Å². The second kappa shape index (κ2) is 7.36. The SMILES string of the molecule is SOS.c1ccsc1. The summed E-state index contributed by atoms with van der Waals surface area (Å²) in [6.45, 7) is 0. The maximum absolute atomic E-state index is 3.64. The van der Waals surface area contributed by atoms with E-state index >= 15 is 0 Å². The topological polar surface area (TPSA) is 9.23 Å². The molecule has 0 aliphatic rings. The summed E-state index contributed by atoms with van der Waals surface area (Å²) in [5, 5.41) is 4.08. The zero-order chi connectivity index (χ0) is 6.24. The molecule has 0 saturated carbocycles. The Bertz CT molecular complexity index is 78.2. The van der Waals surface area contributed by atoms with Crippen LogP contribution in [0.5, 0.6) is 0 Å². The molecule has 0 bridgehead atoms. The van der Waals surface area contributed by atoms with Crippen LogP contribution in [0.25, 0.3) is 0 Å². The van der Waals surface area contributed by atoms with Crippen LogP contribution in [-0.4, -0.2) is 0 Å². The summed E-state index contributed by atoms with van der Waals surface area (Å²) in [5.74, 6) is 0. The highest BCUT2D eigenvalue weighted by atomic mass is 32.2. The molecule has 1 nitrogen and oxygen atoms in total. The third kappa shape index (κ3) is 6.36. The second-order valence-corrected chi connectivity index (χ2v) is 2.34. The summed E-state index contributed by atoms with van der Waals surface area (Å²) < 4.78 is 3.64. The van der Waals surface area contributed by atoms with Crippen molar-refractivity contribution in [3.8, 4) is 0 Å². The first kappa shape index (κ1) is 8.36. The van der Waals surface area contributed by atoms with E-state index in [1.54, 1.807) is 11.3 Å². The van der Waals surface area contributed by atoms with Crippen LogP contribution in [0.3, 0.4) is 0 Å². The van der Waals surface area contributed by atoms with Gasteiger partial charge in [-0.15, -0.1) is 0 Å². The van der Waals surface area contributed by atoms with E-state index in [1.807, 2.05) is 22.9 Å².